The number of hydrogen-bond donors (Lipinski definition) is 0. The molecule has 122 valence electrons. The molecule has 5 heteroatoms. The molecule has 3 heterocycles. The van der Waals surface area contributed by atoms with Gasteiger partial charge in [-0.1, -0.05) is 0 Å². The van der Waals surface area contributed by atoms with E-state index in [4.69, 9.17) is 4.74 Å². The van der Waals surface area contributed by atoms with Gasteiger partial charge in [0.15, 0.2) is 0 Å². The Morgan fingerprint density at radius 3 is 2.52 bits per heavy atom. The minimum Gasteiger partial charge on any atom is -0.497 e. The van der Waals surface area contributed by atoms with Crippen LogP contribution in [0.15, 0.2) is 36.4 Å². The first-order chi connectivity index (χ1) is 10.8. The Morgan fingerprint density at radius 1 is 1.00 bits per heavy atom. The van der Waals surface area contributed by atoms with Crippen molar-refractivity contribution in [2.75, 3.05) is 26.7 Å². The van der Waals surface area contributed by atoms with Crippen molar-refractivity contribution in [3.63, 3.8) is 0 Å². The van der Waals surface area contributed by atoms with Crippen molar-refractivity contribution in [1.29, 1.82) is 0 Å². The number of ether oxygens (including phenoxy) is 1. The van der Waals surface area contributed by atoms with Crippen molar-refractivity contribution in [3.05, 3.63) is 42.1 Å². The second-order valence-electron chi connectivity index (χ2n) is 6.44. The molecule has 1 aromatic carbocycles. The Kier molecular flexibility index (Phi) is 4.55. The molecule has 0 N–H and O–H groups in total. The quantitative estimate of drug-likeness (QED) is 0.865. The highest BCUT2D eigenvalue weighted by Gasteiger charge is 2.43. The highest BCUT2D eigenvalue weighted by molar-refractivity contribution is 5.85. The van der Waals surface area contributed by atoms with Crippen molar-refractivity contribution >= 4 is 12.4 Å². The predicted molar refractivity (Wildman–Crippen MR) is 93.2 cm³/mol. The summed E-state index contributed by atoms with van der Waals surface area (Å²) in [6.07, 6.45) is 3.76. The van der Waals surface area contributed by atoms with Crippen LogP contribution in [0.4, 0.5) is 0 Å². The van der Waals surface area contributed by atoms with Crippen LogP contribution in [0.2, 0.25) is 0 Å². The fourth-order valence-corrected chi connectivity index (χ4v) is 3.86. The molecule has 2 aliphatic heterocycles. The van der Waals surface area contributed by atoms with E-state index in [1.165, 1.54) is 38.0 Å². The highest BCUT2D eigenvalue weighted by atomic mass is 35.5. The number of halogens is 1. The molecule has 2 fully saturated rings. The maximum absolute atomic E-state index is 5.20. The summed E-state index contributed by atoms with van der Waals surface area (Å²) in [6.45, 7) is 3.62. The molecule has 23 heavy (non-hydrogen) atoms. The topological polar surface area (TPSA) is 38.2 Å². The molecule has 2 atom stereocenters. The van der Waals surface area contributed by atoms with E-state index < -0.39 is 0 Å². The minimum absolute atomic E-state index is 0. The number of piperidine rings is 1. The summed E-state index contributed by atoms with van der Waals surface area (Å²) < 4.78 is 5.20. The number of fused-ring (bicyclic) bond motifs is 2. The Morgan fingerprint density at radius 2 is 1.83 bits per heavy atom. The van der Waals surface area contributed by atoms with Crippen LogP contribution >= 0.6 is 12.4 Å². The standard InChI is InChI=1S/C18H21N3O.ClH/c1-22-15-5-3-14(4-6-15)16-7-8-17(20-19-16)18-9-2-11-21(13-18)12-10-18;/h3-8H,2,9-13H2,1H3;1H/t18-;/m1./s1. The van der Waals surface area contributed by atoms with Gasteiger partial charge in [0.1, 0.15) is 5.75 Å². The Balaban J connectivity index is 0.00000156. The molecular weight excluding hydrogens is 310 g/mol. The second-order valence-corrected chi connectivity index (χ2v) is 6.44. The van der Waals surface area contributed by atoms with Gasteiger partial charge in [-0.05, 0) is 68.8 Å². The van der Waals surface area contributed by atoms with Crippen LogP contribution in [-0.2, 0) is 5.41 Å². The first-order valence-electron chi connectivity index (χ1n) is 8.00. The molecular formula is C18H22ClN3O. The summed E-state index contributed by atoms with van der Waals surface area (Å²) in [5.74, 6) is 0.862. The van der Waals surface area contributed by atoms with Crippen molar-refractivity contribution in [3.8, 4) is 17.0 Å². The molecule has 4 nitrogen and oxygen atoms in total. The van der Waals surface area contributed by atoms with E-state index in [-0.39, 0.29) is 17.8 Å². The molecule has 0 aliphatic carbocycles. The van der Waals surface area contributed by atoms with E-state index in [9.17, 15) is 0 Å². The summed E-state index contributed by atoms with van der Waals surface area (Å²) in [7, 11) is 1.68. The maximum Gasteiger partial charge on any atom is 0.118 e. The van der Waals surface area contributed by atoms with Gasteiger partial charge in [0, 0.05) is 17.5 Å². The SMILES string of the molecule is COc1ccc(-c2ccc([C@]34CCCN(CC3)C4)nn2)cc1.Cl. The molecule has 0 saturated carbocycles. The fraction of sp³-hybridized carbons (Fsp3) is 0.444. The van der Waals surface area contributed by atoms with Gasteiger partial charge >= 0.3 is 0 Å². The minimum atomic E-state index is 0. The third-order valence-corrected chi connectivity index (χ3v) is 5.16. The van der Waals surface area contributed by atoms with Crippen LogP contribution in [-0.4, -0.2) is 41.8 Å². The Hall–Kier alpha value is -1.65. The van der Waals surface area contributed by atoms with Crippen molar-refractivity contribution in [2.45, 2.75) is 24.7 Å². The smallest absolute Gasteiger partial charge is 0.118 e. The second kappa shape index (κ2) is 6.46. The molecule has 0 radical (unpaired) electrons. The number of benzene rings is 1. The lowest BCUT2D eigenvalue weighted by Gasteiger charge is -2.33. The molecule has 1 aromatic heterocycles. The molecule has 2 saturated heterocycles. The van der Waals surface area contributed by atoms with Crippen molar-refractivity contribution < 1.29 is 4.74 Å². The van der Waals surface area contributed by atoms with Crippen LogP contribution in [0.5, 0.6) is 5.75 Å². The highest BCUT2D eigenvalue weighted by Crippen LogP contribution is 2.41. The van der Waals surface area contributed by atoms with Gasteiger partial charge in [0.2, 0.25) is 0 Å². The van der Waals surface area contributed by atoms with Crippen molar-refractivity contribution in [1.82, 2.24) is 15.1 Å². The van der Waals surface area contributed by atoms with E-state index in [1.807, 2.05) is 24.3 Å². The van der Waals surface area contributed by atoms with Gasteiger partial charge in [-0.25, -0.2) is 0 Å². The van der Waals surface area contributed by atoms with Gasteiger partial charge in [0.25, 0.3) is 0 Å². The summed E-state index contributed by atoms with van der Waals surface area (Å²) in [4.78, 5) is 2.56. The van der Waals surface area contributed by atoms with Gasteiger partial charge < -0.3 is 9.64 Å². The number of hydrogen-bond acceptors (Lipinski definition) is 4. The van der Waals surface area contributed by atoms with Crippen LogP contribution < -0.4 is 4.74 Å². The third kappa shape index (κ3) is 2.93. The largest absolute Gasteiger partial charge is 0.497 e. The molecule has 4 rings (SSSR count). The molecule has 0 spiro atoms. The first kappa shape index (κ1) is 16.2. The van der Waals surface area contributed by atoms with Gasteiger partial charge in [-0.2, -0.15) is 10.2 Å². The summed E-state index contributed by atoms with van der Waals surface area (Å²) >= 11 is 0. The van der Waals surface area contributed by atoms with E-state index in [0.717, 1.165) is 23.6 Å². The molecule has 2 bridgehead atoms. The summed E-state index contributed by atoms with van der Waals surface area (Å²) in [6, 6.07) is 12.3. The average molecular weight is 332 g/mol. The molecule has 2 aromatic rings. The lowest BCUT2D eigenvalue weighted by molar-refractivity contribution is 0.239. The maximum atomic E-state index is 5.20. The molecule has 2 aliphatic rings. The van der Waals surface area contributed by atoms with Crippen molar-refractivity contribution in [2.24, 2.45) is 0 Å². The zero-order valence-corrected chi connectivity index (χ0v) is 14.2. The third-order valence-electron chi connectivity index (χ3n) is 5.16. The summed E-state index contributed by atoms with van der Waals surface area (Å²) in [5, 5.41) is 9.06. The lowest BCUT2D eigenvalue weighted by Crippen LogP contribution is -2.37. The van der Waals surface area contributed by atoms with E-state index in [1.54, 1.807) is 7.11 Å². The van der Waals surface area contributed by atoms with Crippen LogP contribution in [0.3, 0.4) is 0 Å². The molecule has 0 amide bonds. The van der Waals surface area contributed by atoms with Crippen LogP contribution in [0.1, 0.15) is 25.0 Å². The predicted octanol–water partition coefficient (Wildman–Crippen LogP) is 3.31. The lowest BCUT2D eigenvalue weighted by atomic mass is 9.78. The normalized spacial score (nSPS) is 25.7. The van der Waals surface area contributed by atoms with Gasteiger partial charge in [-0.3, -0.25) is 0 Å². The van der Waals surface area contributed by atoms with Crippen LogP contribution in [0.25, 0.3) is 11.3 Å². The number of methoxy groups -OCH3 is 1. The zero-order valence-electron chi connectivity index (χ0n) is 13.4. The zero-order chi connectivity index (χ0) is 15.0. The van der Waals surface area contributed by atoms with Gasteiger partial charge in [0.05, 0.1) is 18.5 Å². The number of nitrogens with zero attached hydrogens (tertiary/aromatic N) is 3. The van der Waals surface area contributed by atoms with E-state index in [2.05, 4.69) is 27.2 Å². The average Bonchev–Trinajstić information content (AvgIpc) is 2.90. The summed E-state index contributed by atoms with van der Waals surface area (Å²) in [5.41, 5.74) is 3.43. The number of rotatable bonds is 3. The molecule has 1 unspecified atom stereocenters. The van der Waals surface area contributed by atoms with Gasteiger partial charge in [-0.15, -0.1) is 12.4 Å². The van der Waals surface area contributed by atoms with E-state index in [0.29, 0.717) is 0 Å². The van der Waals surface area contributed by atoms with E-state index >= 15 is 0 Å². The van der Waals surface area contributed by atoms with Crippen LogP contribution in [0, 0.1) is 0 Å². The monoisotopic (exact) mass is 331 g/mol. The Bertz CT molecular complexity index is 655. The fourth-order valence-electron chi connectivity index (χ4n) is 3.86. The first-order valence-corrected chi connectivity index (χ1v) is 8.00. The Labute approximate surface area is 143 Å². The number of aromatic nitrogens is 2.